The Labute approximate surface area is 370 Å². The summed E-state index contributed by atoms with van der Waals surface area (Å²) < 4.78 is 5.00. The molecule has 0 atom stereocenters. The smallest absolute Gasteiger partial charge is 0.0619 e. The van der Waals surface area contributed by atoms with Gasteiger partial charge in [0.15, 0.2) is 0 Å². The molecule has 2 heterocycles. The Balaban J connectivity index is 0.978. The van der Waals surface area contributed by atoms with Crippen LogP contribution in [0.25, 0.3) is 92.2 Å². The van der Waals surface area contributed by atoms with Gasteiger partial charge >= 0.3 is 0 Å². The van der Waals surface area contributed by atoms with Gasteiger partial charge < -0.3 is 9.47 Å². The van der Waals surface area contributed by atoms with Crippen molar-refractivity contribution in [1.82, 2.24) is 4.57 Å². The van der Waals surface area contributed by atoms with Crippen LogP contribution in [0.4, 0.5) is 17.1 Å². The lowest BCUT2D eigenvalue weighted by molar-refractivity contribution is 1.18. The zero-order valence-corrected chi connectivity index (χ0v) is 35.2. The summed E-state index contributed by atoms with van der Waals surface area (Å²) >= 11 is 1.86. The molecule has 0 fully saturated rings. The molecule has 0 amide bonds. The average Bonchev–Trinajstić information content (AvgIpc) is 3.91. The van der Waals surface area contributed by atoms with Crippen molar-refractivity contribution in [2.75, 3.05) is 4.90 Å². The molecule has 12 rings (SSSR count). The summed E-state index contributed by atoms with van der Waals surface area (Å²) in [5.74, 6) is 0. The van der Waals surface area contributed by atoms with Crippen molar-refractivity contribution in [3.63, 3.8) is 0 Å². The van der Waals surface area contributed by atoms with Gasteiger partial charge in [0.05, 0.1) is 11.0 Å². The quantitative estimate of drug-likeness (QED) is 0.148. The van der Waals surface area contributed by atoms with E-state index in [-0.39, 0.29) is 0 Å². The standard InChI is InChI=1S/C60H40N2S/c1-3-16-41(17-4-1)48-20-7-9-22-51(48)52-23-10-8-21-49(52)42-30-34-45(35-31-42)61(47-38-39-55-54-25-12-14-29-58(54)63-59(55)40-47)46-36-32-43(33-37-46)50-26-15-27-56-53-24-11-13-28-57(53)62(60(50)56)44-18-5-2-6-19-44/h1-40H. The third-order valence-electron chi connectivity index (χ3n) is 12.4. The first-order valence-corrected chi connectivity index (χ1v) is 22.3. The molecule has 0 radical (unpaired) electrons. The molecule has 0 unspecified atom stereocenters. The fourth-order valence-electron chi connectivity index (χ4n) is 9.53. The molecule has 0 bridgehead atoms. The molecule has 2 nitrogen and oxygen atoms in total. The maximum atomic E-state index is 2.42. The summed E-state index contributed by atoms with van der Waals surface area (Å²) in [6.07, 6.45) is 0. The number of aromatic nitrogens is 1. The zero-order valence-electron chi connectivity index (χ0n) is 34.4. The van der Waals surface area contributed by atoms with Crippen LogP contribution in [-0.4, -0.2) is 4.57 Å². The summed E-state index contributed by atoms with van der Waals surface area (Å²) in [5.41, 5.74) is 16.5. The Morgan fingerprint density at radius 1 is 0.302 bits per heavy atom. The lowest BCUT2D eigenvalue weighted by Gasteiger charge is -2.26. The highest BCUT2D eigenvalue weighted by Gasteiger charge is 2.19. The Kier molecular flexibility index (Phi) is 9.06. The van der Waals surface area contributed by atoms with Crippen LogP contribution in [0, 0.1) is 0 Å². The van der Waals surface area contributed by atoms with Gasteiger partial charge in [-0.2, -0.15) is 0 Å². The number of para-hydroxylation sites is 3. The van der Waals surface area contributed by atoms with Gasteiger partial charge in [0.25, 0.3) is 0 Å². The molecule has 2 aromatic heterocycles. The van der Waals surface area contributed by atoms with Crippen LogP contribution in [0.5, 0.6) is 0 Å². The number of hydrogen-bond acceptors (Lipinski definition) is 2. The van der Waals surface area contributed by atoms with Crippen molar-refractivity contribution in [1.29, 1.82) is 0 Å². The predicted molar refractivity (Wildman–Crippen MR) is 270 cm³/mol. The molecular weight excluding hydrogens is 781 g/mol. The Morgan fingerprint density at radius 2 is 0.778 bits per heavy atom. The Hall–Kier alpha value is -7.98. The first-order chi connectivity index (χ1) is 31.3. The van der Waals surface area contributed by atoms with E-state index in [9.17, 15) is 0 Å². The molecule has 0 saturated carbocycles. The van der Waals surface area contributed by atoms with E-state index in [1.165, 1.54) is 86.5 Å². The number of thiophene rings is 1. The second-order valence-electron chi connectivity index (χ2n) is 16.1. The van der Waals surface area contributed by atoms with Crippen molar-refractivity contribution in [3.8, 4) is 50.2 Å². The molecule has 0 aliphatic rings. The molecule has 0 saturated heterocycles. The number of nitrogens with zero attached hydrogens (tertiary/aromatic N) is 2. The number of benzene rings is 10. The number of hydrogen-bond donors (Lipinski definition) is 0. The summed E-state index contributed by atoms with van der Waals surface area (Å²) in [4.78, 5) is 2.40. The number of fused-ring (bicyclic) bond motifs is 6. The molecule has 0 N–H and O–H groups in total. The van der Waals surface area contributed by atoms with E-state index in [4.69, 9.17) is 0 Å². The minimum Gasteiger partial charge on any atom is -0.310 e. The summed E-state index contributed by atoms with van der Waals surface area (Å²) in [6.45, 7) is 0. The fourth-order valence-corrected chi connectivity index (χ4v) is 10.7. The third-order valence-corrected chi connectivity index (χ3v) is 13.6. The highest BCUT2D eigenvalue weighted by Crippen LogP contribution is 2.44. The van der Waals surface area contributed by atoms with Gasteiger partial charge in [-0.15, -0.1) is 11.3 Å². The lowest BCUT2D eigenvalue weighted by atomic mass is 9.89. The Bertz CT molecular complexity index is 3600. The normalized spacial score (nSPS) is 11.5. The summed E-state index contributed by atoms with van der Waals surface area (Å²) in [7, 11) is 0. The van der Waals surface area contributed by atoms with Gasteiger partial charge in [0, 0.05) is 59.3 Å². The SMILES string of the molecule is c1ccc(-c2ccccc2-c2ccccc2-c2ccc(N(c3ccc(-c4cccc5c6ccccc6n(-c6ccccc6)c45)cc3)c3ccc4c(c3)sc3ccccc34)cc2)cc1. The maximum Gasteiger partial charge on any atom is 0.0619 e. The van der Waals surface area contributed by atoms with Gasteiger partial charge in [-0.05, 0) is 99.6 Å². The minimum atomic E-state index is 1.10. The topological polar surface area (TPSA) is 8.17 Å². The lowest BCUT2D eigenvalue weighted by Crippen LogP contribution is -2.09. The molecule has 296 valence electrons. The van der Waals surface area contributed by atoms with E-state index >= 15 is 0 Å². The van der Waals surface area contributed by atoms with Crippen molar-refractivity contribution in [3.05, 3.63) is 243 Å². The van der Waals surface area contributed by atoms with Crippen molar-refractivity contribution in [2.24, 2.45) is 0 Å². The van der Waals surface area contributed by atoms with Crippen LogP contribution in [0.2, 0.25) is 0 Å². The summed E-state index contributed by atoms with van der Waals surface area (Å²) in [6, 6.07) is 88.3. The predicted octanol–water partition coefficient (Wildman–Crippen LogP) is 17.3. The van der Waals surface area contributed by atoms with E-state index in [1.54, 1.807) is 0 Å². The second kappa shape index (κ2) is 15.5. The highest BCUT2D eigenvalue weighted by molar-refractivity contribution is 7.25. The molecular formula is C60H40N2S. The molecule has 0 aliphatic carbocycles. The molecule has 10 aromatic carbocycles. The van der Waals surface area contributed by atoms with Crippen molar-refractivity contribution >= 4 is 70.4 Å². The minimum absolute atomic E-state index is 1.10. The molecule has 12 aromatic rings. The number of anilines is 3. The maximum absolute atomic E-state index is 2.42. The van der Waals surface area contributed by atoms with Crippen LogP contribution in [-0.2, 0) is 0 Å². The average molecular weight is 821 g/mol. The fraction of sp³-hybridized carbons (Fsp3) is 0. The van der Waals surface area contributed by atoms with E-state index in [1.807, 2.05) is 11.3 Å². The largest absolute Gasteiger partial charge is 0.310 e. The first kappa shape index (κ1) is 36.8. The first-order valence-electron chi connectivity index (χ1n) is 21.5. The van der Waals surface area contributed by atoms with Gasteiger partial charge in [0.2, 0.25) is 0 Å². The van der Waals surface area contributed by atoms with E-state index < -0.39 is 0 Å². The molecule has 3 heteroatoms. The van der Waals surface area contributed by atoms with Crippen molar-refractivity contribution in [2.45, 2.75) is 0 Å². The van der Waals surface area contributed by atoms with Crippen molar-refractivity contribution < 1.29 is 0 Å². The molecule has 0 aliphatic heterocycles. The van der Waals surface area contributed by atoms with Gasteiger partial charge in [-0.3, -0.25) is 0 Å². The highest BCUT2D eigenvalue weighted by atomic mass is 32.1. The van der Waals surface area contributed by atoms with Gasteiger partial charge in [-0.1, -0.05) is 182 Å². The molecule has 63 heavy (non-hydrogen) atoms. The van der Waals surface area contributed by atoms with E-state index in [0.29, 0.717) is 0 Å². The van der Waals surface area contributed by atoms with Crippen LogP contribution >= 0.6 is 11.3 Å². The van der Waals surface area contributed by atoms with Gasteiger partial charge in [-0.25, -0.2) is 0 Å². The van der Waals surface area contributed by atoms with E-state index in [2.05, 4.69) is 252 Å². The van der Waals surface area contributed by atoms with Crippen LogP contribution in [0.3, 0.4) is 0 Å². The third kappa shape index (κ3) is 6.41. The second-order valence-corrected chi connectivity index (χ2v) is 17.1. The zero-order chi connectivity index (χ0) is 41.7. The monoisotopic (exact) mass is 820 g/mol. The molecule has 0 spiro atoms. The summed E-state index contributed by atoms with van der Waals surface area (Å²) in [5, 5.41) is 5.10. The Morgan fingerprint density at radius 3 is 1.46 bits per heavy atom. The number of rotatable bonds is 8. The van der Waals surface area contributed by atoms with Crippen LogP contribution in [0.15, 0.2) is 243 Å². The van der Waals surface area contributed by atoms with E-state index in [0.717, 1.165) is 22.7 Å². The van der Waals surface area contributed by atoms with Crippen LogP contribution < -0.4 is 4.90 Å². The van der Waals surface area contributed by atoms with Gasteiger partial charge in [0.1, 0.15) is 0 Å². The van der Waals surface area contributed by atoms with Crippen LogP contribution in [0.1, 0.15) is 0 Å².